The van der Waals surface area contributed by atoms with E-state index in [4.69, 9.17) is 40.1 Å². The second-order valence-electron chi connectivity index (χ2n) is 17.9. The highest BCUT2D eigenvalue weighted by Crippen LogP contribution is 2.21. The smallest absolute Gasteiger partial charge is 0.352 e. The average Bonchev–Trinajstić information content (AvgIpc) is 3.87. The van der Waals surface area contributed by atoms with E-state index in [2.05, 4.69) is 42.2 Å². The number of hydrogen-bond acceptors (Lipinski definition) is 16. The number of carbonyl (C=O) groups excluding carboxylic acids is 8. The van der Waals surface area contributed by atoms with E-state index in [1.165, 1.54) is 17.9 Å². The average molecular weight is 1050 g/mol. The van der Waals surface area contributed by atoms with Crippen LogP contribution < -0.4 is 77.4 Å². The molecule has 27 nitrogen and oxygen atoms in total. The van der Waals surface area contributed by atoms with E-state index in [9.17, 15) is 53.4 Å². The number of amides is 8. The van der Waals surface area contributed by atoms with Crippen molar-refractivity contribution in [2.45, 2.75) is 139 Å². The minimum atomic E-state index is -1.56. The van der Waals surface area contributed by atoms with Crippen LogP contribution in [0.2, 0.25) is 0 Å². The number of aliphatic carboxylic acids is 1. The first-order valence-corrected chi connectivity index (χ1v) is 24.9. The van der Waals surface area contributed by atoms with Gasteiger partial charge in [-0.25, -0.2) is 4.79 Å². The summed E-state index contributed by atoms with van der Waals surface area (Å²) in [5.41, 5.74) is 40.2. The topological polar surface area (TPSA) is 476 Å². The minimum Gasteiger partial charge on any atom is -0.477 e. The molecule has 8 atom stereocenters. The van der Waals surface area contributed by atoms with Gasteiger partial charge in [-0.05, 0) is 109 Å². The number of carbonyl (C=O) groups is 9. The Kier molecular flexibility index (Phi) is 29.0. The summed E-state index contributed by atoms with van der Waals surface area (Å²) in [6, 6.07) is -1.57. The molecule has 0 aliphatic carbocycles. The van der Waals surface area contributed by atoms with Gasteiger partial charge in [-0.1, -0.05) is 36.8 Å². The van der Waals surface area contributed by atoms with Crippen molar-refractivity contribution in [3.05, 3.63) is 47.2 Å². The number of rotatable bonds is 34. The van der Waals surface area contributed by atoms with E-state index < -0.39 is 120 Å². The van der Waals surface area contributed by atoms with E-state index in [1.807, 2.05) is 13.0 Å². The number of nitrogens with one attached hydrogen (secondary N) is 7. The van der Waals surface area contributed by atoms with Crippen molar-refractivity contribution in [3.63, 3.8) is 0 Å². The van der Waals surface area contributed by atoms with Crippen LogP contribution >= 0.6 is 0 Å². The molecule has 1 aliphatic heterocycles. The van der Waals surface area contributed by atoms with E-state index in [0.29, 0.717) is 44.2 Å². The van der Waals surface area contributed by atoms with Crippen molar-refractivity contribution in [3.8, 4) is 0 Å². The van der Waals surface area contributed by atoms with Crippen LogP contribution in [0, 0.1) is 6.92 Å². The lowest BCUT2D eigenvalue weighted by Crippen LogP contribution is -2.60. The van der Waals surface area contributed by atoms with Crippen LogP contribution in [0.4, 0.5) is 0 Å². The number of aliphatic imine (C=N–C) groups is 1. The molecule has 1 heterocycles. The predicted octanol–water partition coefficient (Wildman–Crippen LogP) is -5.52. The fraction of sp³-hybridized carbons (Fsp3) is 0.617. The number of carboxylic acids is 1. The highest BCUT2D eigenvalue weighted by Gasteiger charge is 2.40. The standard InChI is InChI=1S/C47H80N16O11/c1-27-12-3-4-13-29(27)24-34(42(69)59-31(15-6-8-20-49)41(68)60-33(46(73)74)17-10-22-55-47(53)54)61-43(70)35-18-11-23-63(35)45(72)32(16-9-21-50)58-37(65)26-56-39(66)28(2)57-44(71)38(36(64)25-51)62-40(67)30(52)14-5-7-19-48/h3-4,12-13,17,28,30-32,34-36,38,64H,5-11,14-16,18-26,48-52H2,1-2H3,(H,56,66)(H,57,71)(H,58,65)(H,59,69)(H,60,68)(H,61,70)(H,62,67)(H,73,74)(H4,53,54,55)/b33-17-/t28-,30?,31-,32+,34-,35-,36-,38-/m0/s1. The number of nitrogens with two attached hydrogens (primary N) is 7. The second-order valence-corrected chi connectivity index (χ2v) is 17.9. The zero-order chi connectivity index (χ0) is 55.3. The van der Waals surface area contributed by atoms with E-state index >= 15 is 0 Å². The molecule has 74 heavy (non-hydrogen) atoms. The maximum Gasteiger partial charge on any atom is 0.352 e. The molecule has 27 heteroatoms. The molecule has 0 saturated carbocycles. The number of aryl methyl sites for hydroxylation is 1. The summed E-state index contributed by atoms with van der Waals surface area (Å²) in [6.07, 6.45) is 3.01. The SMILES string of the molecule is Cc1ccccc1C[C@H](NC(=O)[C@@H]1CCCN1C(=O)[C@@H](CCCN)NC(=O)CNC(=O)[C@H](C)NC(=O)[C@@H](NC(=O)C(N)CCCCN)[C@@H](O)CN)C(=O)N[C@@H](CCCCN)C(=O)N/C(=C\CCN=C(N)N)C(=O)O. The molecule has 0 bridgehead atoms. The van der Waals surface area contributed by atoms with Gasteiger partial charge in [-0.15, -0.1) is 0 Å². The normalized spacial score (nSPS) is 16.2. The summed E-state index contributed by atoms with van der Waals surface area (Å²) in [6.45, 7) is 3.05. The fourth-order valence-corrected chi connectivity index (χ4v) is 7.77. The Hall–Kier alpha value is -6.78. The Balaban J connectivity index is 2.26. The molecule has 1 aromatic rings. The van der Waals surface area contributed by atoms with Gasteiger partial charge in [0.15, 0.2) is 5.96 Å². The van der Waals surface area contributed by atoms with Gasteiger partial charge in [-0.3, -0.25) is 43.3 Å². The molecule has 414 valence electrons. The van der Waals surface area contributed by atoms with Crippen molar-refractivity contribution in [2.24, 2.45) is 45.1 Å². The molecule has 0 radical (unpaired) electrons. The number of carboxylic acid groups (broad SMARTS) is 1. The lowest BCUT2D eigenvalue weighted by molar-refractivity contribution is -0.142. The van der Waals surface area contributed by atoms with Crippen LogP contribution in [0.25, 0.3) is 0 Å². The zero-order valence-corrected chi connectivity index (χ0v) is 42.4. The highest BCUT2D eigenvalue weighted by atomic mass is 16.4. The third-order valence-corrected chi connectivity index (χ3v) is 12.0. The molecular weight excluding hydrogens is 965 g/mol. The Bertz CT molecular complexity index is 2110. The van der Waals surface area contributed by atoms with E-state index in [-0.39, 0.29) is 77.1 Å². The molecule has 8 amide bonds. The van der Waals surface area contributed by atoms with Gasteiger partial charge < -0.3 is 92.5 Å². The van der Waals surface area contributed by atoms with Crippen LogP contribution in [0.3, 0.4) is 0 Å². The van der Waals surface area contributed by atoms with Crippen molar-refractivity contribution in [2.75, 3.05) is 45.8 Å². The fourth-order valence-electron chi connectivity index (χ4n) is 7.77. The first kappa shape index (κ1) is 63.3. The van der Waals surface area contributed by atoms with E-state index in [0.717, 1.165) is 5.56 Å². The van der Waals surface area contributed by atoms with Gasteiger partial charge in [0.25, 0.3) is 0 Å². The van der Waals surface area contributed by atoms with Crippen LogP contribution in [-0.4, -0.2) is 169 Å². The van der Waals surface area contributed by atoms with Gasteiger partial charge in [0.2, 0.25) is 47.3 Å². The summed E-state index contributed by atoms with van der Waals surface area (Å²) in [7, 11) is 0. The number of guanidine groups is 1. The molecule has 2 rings (SSSR count). The third-order valence-electron chi connectivity index (χ3n) is 12.0. The molecule has 1 unspecified atom stereocenters. The van der Waals surface area contributed by atoms with Crippen LogP contribution in [0.15, 0.2) is 41.0 Å². The Morgan fingerprint density at radius 2 is 1.42 bits per heavy atom. The Morgan fingerprint density at radius 3 is 2.04 bits per heavy atom. The van der Waals surface area contributed by atoms with Crippen LogP contribution in [0.5, 0.6) is 0 Å². The summed E-state index contributed by atoms with van der Waals surface area (Å²) in [5, 5.41) is 37.8. The lowest BCUT2D eigenvalue weighted by atomic mass is 9.99. The molecule has 1 aliphatic rings. The Labute approximate surface area is 431 Å². The monoisotopic (exact) mass is 1040 g/mol. The van der Waals surface area contributed by atoms with Gasteiger partial charge in [-0.2, -0.15) is 0 Å². The second kappa shape index (κ2) is 33.9. The van der Waals surface area contributed by atoms with Crippen molar-refractivity contribution < 1.29 is 53.4 Å². The Morgan fingerprint density at radius 1 is 0.770 bits per heavy atom. The van der Waals surface area contributed by atoms with Gasteiger partial charge >= 0.3 is 5.97 Å². The molecule has 0 spiro atoms. The zero-order valence-electron chi connectivity index (χ0n) is 42.4. The number of unbranched alkanes of at least 4 members (excludes halogenated alkanes) is 2. The number of aliphatic hydroxyl groups excluding tert-OH is 1. The summed E-state index contributed by atoms with van der Waals surface area (Å²) in [5.74, 6) is -7.86. The van der Waals surface area contributed by atoms with Crippen LogP contribution in [-0.2, 0) is 49.6 Å². The van der Waals surface area contributed by atoms with E-state index in [1.54, 1.807) is 18.2 Å². The molecule has 0 aromatic heterocycles. The summed E-state index contributed by atoms with van der Waals surface area (Å²) < 4.78 is 0. The van der Waals surface area contributed by atoms with Crippen molar-refractivity contribution in [1.29, 1.82) is 0 Å². The summed E-state index contributed by atoms with van der Waals surface area (Å²) in [4.78, 5) is 126. The predicted molar refractivity (Wildman–Crippen MR) is 274 cm³/mol. The van der Waals surface area contributed by atoms with Gasteiger partial charge in [0, 0.05) is 26.1 Å². The third kappa shape index (κ3) is 22.1. The first-order valence-electron chi connectivity index (χ1n) is 24.9. The number of benzene rings is 1. The maximum atomic E-state index is 14.3. The quantitative estimate of drug-likeness (QED) is 0.0132. The highest BCUT2D eigenvalue weighted by molar-refractivity contribution is 5.99. The van der Waals surface area contributed by atoms with Crippen LogP contribution in [0.1, 0.15) is 88.7 Å². The minimum absolute atomic E-state index is 0.0339. The molecule has 1 aromatic carbocycles. The van der Waals surface area contributed by atoms with Crippen molar-refractivity contribution in [1.82, 2.24) is 42.1 Å². The molecule has 23 N–H and O–H groups in total. The lowest BCUT2D eigenvalue weighted by Gasteiger charge is -2.30. The molecular formula is C47H80N16O11. The maximum absolute atomic E-state index is 14.3. The van der Waals surface area contributed by atoms with Crippen molar-refractivity contribution >= 4 is 59.2 Å². The number of nitrogens with zero attached hydrogens (tertiary/aromatic N) is 2. The molecule has 1 fully saturated rings. The largest absolute Gasteiger partial charge is 0.477 e. The number of likely N-dealkylation sites (tertiary alicyclic amines) is 1. The van der Waals surface area contributed by atoms with Gasteiger partial charge in [0.05, 0.1) is 18.7 Å². The summed E-state index contributed by atoms with van der Waals surface area (Å²) >= 11 is 0. The van der Waals surface area contributed by atoms with Gasteiger partial charge in [0.1, 0.15) is 41.9 Å². The first-order chi connectivity index (χ1) is 35.2. The molecule has 1 saturated heterocycles. The number of aliphatic hydroxyl groups is 1. The number of hydrogen-bond donors (Lipinski definition) is 16.